The fourth-order valence-electron chi connectivity index (χ4n) is 3.15. The maximum atomic E-state index is 11.9. The average Bonchev–Trinajstić information content (AvgIpc) is 2.67. The molecule has 27 heavy (non-hydrogen) atoms. The van der Waals surface area contributed by atoms with E-state index in [4.69, 9.17) is 4.74 Å². The number of hydrogen-bond acceptors (Lipinski definition) is 4. The van der Waals surface area contributed by atoms with E-state index in [2.05, 4.69) is 15.2 Å². The van der Waals surface area contributed by atoms with Crippen molar-refractivity contribution >= 4 is 12.1 Å². The van der Waals surface area contributed by atoms with E-state index >= 15 is 0 Å². The van der Waals surface area contributed by atoms with Gasteiger partial charge in [-0.1, -0.05) is 6.07 Å². The third-order valence-corrected chi connectivity index (χ3v) is 4.68. The van der Waals surface area contributed by atoms with E-state index < -0.39 is 0 Å². The first kappa shape index (κ1) is 20.8. The monoisotopic (exact) mass is 377 g/mol. The first-order chi connectivity index (χ1) is 13.1. The normalized spacial score (nSPS) is 15.0. The SMILES string of the molecule is CCOC(=O)N1CCN(C(=NC)NCCCCn2c(C)cccc2=O)CC1. The van der Waals surface area contributed by atoms with Crippen LogP contribution in [0.4, 0.5) is 4.79 Å². The van der Waals surface area contributed by atoms with E-state index in [1.807, 2.05) is 24.5 Å². The van der Waals surface area contributed by atoms with Crippen LogP contribution in [0.25, 0.3) is 0 Å². The largest absolute Gasteiger partial charge is 0.450 e. The molecule has 0 spiro atoms. The predicted octanol–water partition coefficient (Wildman–Crippen LogP) is 1.29. The molecular formula is C19H31N5O3. The van der Waals surface area contributed by atoms with Gasteiger partial charge in [-0.05, 0) is 32.8 Å². The van der Waals surface area contributed by atoms with Gasteiger partial charge in [0.25, 0.3) is 5.56 Å². The van der Waals surface area contributed by atoms with Crippen molar-refractivity contribution in [3.63, 3.8) is 0 Å². The first-order valence-corrected chi connectivity index (χ1v) is 9.60. The van der Waals surface area contributed by atoms with Crippen molar-refractivity contribution in [1.29, 1.82) is 0 Å². The van der Waals surface area contributed by atoms with Gasteiger partial charge in [0.15, 0.2) is 5.96 Å². The summed E-state index contributed by atoms with van der Waals surface area (Å²) >= 11 is 0. The molecule has 150 valence electrons. The lowest BCUT2D eigenvalue weighted by Crippen LogP contribution is -2.54. The lowest BCUT2D eigenvalue weighted by atomic mass is 10.2. The lowest BCUT2D eigenvalue weighted by Gasteiger charge is -2.35. The van der Waals surface area contributed by atoms with E-state index in [1.54, 1.807) is 24.1 Å². The van der Waals surface area contributed by atoms with Crippen LogP contribution in [0.5, 0.6) is 0 Å². The van der Waals surface area contributed by atoms with Crippen LogP contribution in [-0.4, -0.2) is 72.8 Å². The Morgan fingerprint density at radius 3 is 2.52 bits per heavy atom. The molecule has 1 aliphatic rings. The van der Waals surface area contributed by atoms with Crippen LogP contribution in [0.1, 0.15) is 25.5 Å². The van der Waals surface area contributed by atoms with Gasteiger partial charge in [-0.2, -0.15) is 0 Å². The fourth-order valence-corrected chi connectivity index (χ4v) is 3.15. The van der Waals surface area contributed by atoms with Crippen LogP contribution in [0, 0.1) is 6.92 Å². The number of aliphatic imine (C=N–C) groups is 1. The summed E-state index contributed by atoms with van der Waals surface area (Å²) in [5.41, 5.74) is 1.05. The van der Waals surface area contributed by atoms with Gasteiger partial charge in [0.05, 0.1) is 6.61 Å². The number of amides is 1. The first-order valence-electron chi connectivity index (χ1n) is 9.60. The summed E-state index contributed by atoms with van der Waals surface area (Å²) in [5.74, 6) is 0.853. The highest BCUT2D eigenvalue weighted by Crippen LogP contribution is 2.05. The molecule has 8 nitrogen and oxygen atoms in total. The molecule has 8 heteroatoms. The summed E-state index contributed by atoms with van der Waals surface area (Å²) in [6.07, 6.45) is 1.63. The number of hydrogen-bond donors (Lipinski definition) is 1. The topological polar surface area (TPSA) is 79.2 Å². The number of piperazine rings is 1. The highest BCUT2D eigenvalue weighted by atomic mass is 16.6. The molecule has 1 saturated heterocycles. The minimum atomic E-state index is -0.244. The summed E-state index contributed by atoms with van der Waals surface area (Å²) < 4.78 is 6.86. The lowest BCUT2D eigenvalue weighted by molar-refractivity contribution is 0.0914. The maximum Gasteiger partial charge on any atom is 0.409 e. The van der Waals surface area contributed by atoms with E-state index in [1.165, 1.54) is 0 Å². The van der Waals surface area contributed by atoms with Gasteiger partial charge in [-0.15, -0.1) is 0 Å². The molecule has 1 fully saturated rings. The molecule has 1 N–H and O–H groups in total. The molecule has 0 aromatic carbocycles. The number of guanidine groups is 1. The van der Waals surface area contributed by atoms with Gasteiger partial charge in [0, 0.05) is 58.1 Å². The summed E-state index contributed by atoms with van der Waals surface area (Å²) in [7, 11) is 1.77. The minimum Gasteiger partial charge on any atom is -0.450 e. The number of unbranched alkanes of at least 4 members (excludes halogenated alkanes) is 1. The zero-order chi connectivity index (χ0) is 19.6. The van der Waals surface area contributed by atoms with Gasteiger partial charge >= 0.3 is 6.09 Å². The number of pyridine rings is 1. The Morgan fingerprint density at radius 2 is 1.89 bits per heavy atom. The molecule has 1 aromatic heterocycles. The molecule has 1 aliphatic heterocycles. The van der Waals surface area contributed by atoms with Gasteiger partial charge < -0.3 is 24.4 Å². The molecule has 0 aliphatic carbocycles. The van der Waals surface area contributed by atoms with Crippen molar-refractivity contribution in [1.82, 2.24) is 19.7 Å². The number of ether oxygens (including phenoxy) is 1. The second-order valence-electron chi connectivity index (χ2n) is 6.51. The number of nitrogens with zero attached hydrogens (tertiary/aromatic N) is 4. The highest BCUT2D eigenvalue weighted by molar-refractivity contribution is 5.80. The Labute approximate surface area is 160 Å². The molecule has 0 bridgehead atoms. The number of rotatable bonds is 6. The fraction of sp³-hybridized carbons (Fsp3) is 0.632. The Hall–Kier alpha value is -2.51. The predicted molar refractivity (Wildman–Crippen MR) is 106 cm³/mol. The molecule has 0 radical (unpaired) electrons. The molecule has 1 aromatic rings. The van der Waals surface area contributed by atoms with Gasteiger partial charge in [0.1, 0.15) is 0 Å². The third-order valence-electron chi connectivity index (χ3n) is 4.68. The van der Waals surface area contributed by atoms with Crippen molar-refractivity contribution in [2.45, 2.75) is 33.2 Å². The second-order valence-corrected chi connectivity index (χ2v) is 6.51. The van der Waals surface area contributed by atoms with Crippen molar-refractivity contribution in [3.05, 3.63) is 34.2 Å². The summed E-state index contributed by atoms with van der Waals surface area (Å²) in [5, 5.41) is 3.38. The van der Waals surface area contributed by atoms with Gasteiger partial charge in [-0.25, -0.2) is 4.79 Å². The summed E-state index contributed by atoms with van der Waals surface area (Å²) in [6.45, 7) is 8.43. The van der Waals surface area contributed by atoms with Gasteiger partial charge in [0.2, 0.25) is 0 Å². The average molecular weight is 377 g/mol. The Bertz CT molecular complexity index is 693. The van der Waals surface area contributed by atoms with Crippen molar-refractivity contribution < 1.29 is 9.53 Å². The zero-order valence-corrected chi connectivity index (χ0v) is 16.6. The van der Waals surface area contributed by atoms with Gasteiger partial charge in [-0.3, -0.25) is 9.79 Å². The third kappa shape index (κ3) is 6.01. The number of carbonyl (C=O) groups is 1. The molecule has 0 unspecified atom stereocenters. The van der Waals surface area contributed by atoms with Crippen molar-refractivity contribution in [3.8, 4) is 0 Å². The quantitative estimate of drug-likeness (QED) is 0.459. The van der Waals surface area contributed by atoms with Crippen LogP contribution >= 0.6 is 0 Å². The molecular weight excluding hydrogens is 346 g/mol. The van der Waals surface area contributed by atoms with Crippen LogP contribution in [0.15, 0.2) is 28.0 Å². The Balaban J connectivity index is 1.70. The van der Waals surface area contributed by atoms with E-state index in [0.29, 0.717) is 19.7 Å². The molecule has 1 amide bonds. The Morgan fingerprint density at radius 1 is 1.19 bits per heavy atom. The summed E-state index contributed by atoms with van der Waals surface area (Å²) in [4.78, 5) is 31.9. The number of nitrogens with one attached hydrogen (secondary N) is 1. The summed E-state index contributed by atoms with van der Waals surface area (Å²) in [6, 6.07) is 5.35. The highest BCUT2D eigenvalue weighted by Gasteiger charge is 2.23. The van der Waals surface area contributed by atoms with E-state index in [9.17, 15) is 9.59 Å². The Kier molecular flexibility index (Phi) is 8.16. The van der Waals surface area contributed by atoms with Crippen molar-refractivity contribution in [2.75, 3.05) is 46.4 Å². The standard InChI is InChI=1S/C19H31N5O3/c1-4-27-19(26)23-14-12-22(13-15-23)18(20-3)21-10-5-6-11-24-16(2)8-7-9-17(24)25/h7-9H,4-6,10-15H2,1-3H3,(H,20,21). The van der Waals surface area contributed by atoms with Crippen LogP contribution in [0.3, 0.4) is 0 Å². The number of aryl methyl sites for hydroxylation is 1. The number of carbonyl (C=O) groups excluding carboxylic acids is 1. The minimum absolute atomic E-state index is 0.0539. The second kappa shape index (κ2) is 10.6. The molecule has 2 rings (SSSR count). The van der Waals surface area contributed by atoms with Crippen LogP contribution in [-0.2, 0) is 11.3 Å². The molecule has 2 heterocycles. The van der Waals surface area contributed by atoms with E-state index in [-0.39, 0.29) is 11.7 Å². The van der Waals surface area contributed by atoms with Crippen molar-refractivity contribution in [2.24, 2.45) is 4.99 Å². The zero-order valence-electron chi connectivity index (χ0n) is 16.6. The maximum absolute atomic E-state index is 11.9. The molecule has 0 atom stereocenters. The van der Waals surface area contributed by atoms with Crippen LogP contribution in [0.2, 0.25) is 0 Å². The molecule has 0 saturated carbocycles. The smallest absolute Gasteiger partial charge is 0.409 e. The van der Waals surface area contributed by atoms with Crippen LogP contribution < -0.4 is 10.9 Å². The van der Waals surface area contributed by atoms with E-state index in [0.717, 1.165) is 50.7 Å². The number of aromatic nitrogens is 1.